The maximum atomic E-state index is 14.1. The molecule has 0 amide bonds. The van der Waals surface area contributed by atoms with Crippen molar-refractivity contribution in [3.05, 3.63) is 51.0 Å². The lowest BCUT2D eigenvalue weighted by Crippen LogP contribution is -2.46. The highest BCUT2D eigenvalue weighted by molar-refractivity contribution is 7.52. The van der Waals surface area contributed by atoms with Crippen molar-refractivity contribution in [2.75, 3.05) is 18.9 Å². The van der Waals surface area contributed by atoms with E-state index in [0.717, 1.165) is 4.57 Å². The van der Waals surface area contributed by atoms with Gasteiger partial charge in [-0.3, -0.25) is 13.9 Å². The lowest BCUT2D eigenvalue weighted by Gasteiger charge is -2.27. The number of aryl methyl sites for hydroxylation is 1. The summed E-state index contributed by atoms with van der Waals surface area (Å²) in [7, 11) is -4.37. The van der Waals surface area contributed by atoms with E-state index in [-0.39, 0.29) is 24.1 Å². The van der Waals surface area contributed by atoms with Gasteiger partial charge in [-0.2, -0.15) is 10.1 Å². The number of hydrogen-bond acceptors (Lipinski definition) is 11. The molecule has 0 saturated carbocycles. The highest BCUT2D eigenvalue weighted by Gasteiger charge is 2.54. The predicted molar refractivity (Wildman–Crippen MR) is 147 cm³/mol. The van der Waals surface area contributed by atoms with Crippen molar-refractivity contribution in [1.82, 2.24) is 14.6 Å². The summed E-state index contributed by atoms with van der Waals surface area (Å²) in [5, 5.41) is 24.9. The van der Waals surface area contributed by atoms with Crippen molar-refractivity contribution in [2.24, 2.45) is 0 Å². The molecule has 0 spiro atoms. The first kappa shape index (κ1) is 32.0. The number of nitrogen functional groups attached to an aromatic ring is 1. The molecule has 1 saturated heterocycles. The fourth-order valence-electron chi connectivity index (χ4n) is 4.13. The standard InChI is InChI=1S/C25H36ClN4O9P/c1-7-36-22(32)15(5)29-40(35,39-18-10-14(4)17(26)11-16(18)13(2)3)37-12-19-21(31)25(6,34)23(38-19)30-9-8-20(27)28-24(30)33/h8-11,13,15,19,21,23,31,34H,7,12H2,1-6H3,(H,29,35)(H2,27,28,33)/t15-,19+,21+,23+,25+,40?/m0/s1. The number of nitrogens with zero attached hydrogens (tertiary/aromatic N) is 2. The first-order valence-electron chi connectivity index (χ1n) is 12.7. The van der Waals surface area contributed by atoms with Gasteiger partial charge < -0.3 is 29.9 Å². The zero-order valence-electron chi connectivity index (χ0n) is 23.2. The molecule has 2 heterocycles. The minimum absolute atomic E-state index is 0.0302. The molecule has 40 heavy (non-hydrogen) atoms. The van der Waals surface area contributed by atoms with E-state index in [0.29, 0.717) is 16.1 Å². The molecule has 0 bridgehead atoms. The summed E-state index contributed by atoms with van der Waals surface area (Å²) < 4.78 is 37.4. The Balaban J connectivity index is 1.91. The number of esters is 1. The topological polar surface area (TPSA) is 184 Å². The van der Waals surface area contributed by atoms with Crippen LogP contribution in [0.3, 0.4) is 0 Å². The number of nitrogens with one attached hydrogen (secondary N) is 1. The van der Waals surface area contributed by atoms with Gasteiger partial charge in [0.1, 0.15) is 35.4 Å². The Morgan fingerprint density at radius 3 is 2.65 bits per heavy atom. The monoisotopic (exact) mass is 602 g/mol. The Hall–Kier alpha value is -2.51. The van der Waals surface area contributed by atoms with E-state index in [9.17, 15) is 24.4 Å². The lowest BCUT2D eigenvalue weighted by molar-refractivity contribution is -0.144. The lowest BCUT2D eigenvalue weighted by atomic mass is 9.96. The molecule has 1 aromatic heterocycles. The SMILES string of the molecule is CCOC(=O)[C@H](C)NP(=O)(OC[C@H]1O[C@@H](n2ccc(N)nc2=O)[C@](C)(O)[C@@H]1O)Oc1cc(C)c(Cl)cc1C(C)C. The van der Waals surface area contributed by atoms with E-state index in [1.165, 1.54) is 26.1 Å². The maximum absolute atomic E-state index is 14.1. The molecule has 222 valence electrons. The summed E-state index contributed by atoms with van der Waals surface area (Å²) in [6.07, 6.45) is -2.94. The minimum Gasteiger partial charge on any atom is -0.465 e. The zero-order valence-corrected chi connectivity index (χ0v) is 24.8. The largest absolute Gasteiger partial charge is 0.465 e. The Bertz CT molecular complexity index is 1340. The van der Waals surface area contributed by atoms with Crippen molar-refractivity contribution in [2.45, 2.75) is 77.5 Å². The Morgan fingerprint density at radius 1 is 1.38 bits per heavy atom. The van der Waals surface area contributed by atoms with E-state index in [2.05, 4.69) is 10.1 Å². The van der Waals surface area contributed by atoms with Crippen molar-refractivity contribution >= 4 is 31.1 Å². The number of rotatable bonds is 11. The average Bonchev–Trinajstić information content (AvgIpc) is 3.08. The number of anilines is 1. The number of benzene rings is 1. The van der Waals surface area contributed by atoms with Gasteiger partial charge in [-0.1, -0.05) is 25.4 Å². The molecule has 0 radical (unpaired) electrons. The summed E-state index contributed by atoms with van der Waals surface area (Å²) >= 11 is 6.30. The Morgan fingerprint density at radius 2 is 2.05 bits per heavy atom. The fourth-order valence-corrected chi connectivity index (χ4v) is 5.82. The van der Waals surface area contributed by atoms with E-state index in [1.54, 1.807) is 26.0 Å². The summed E-state index contributed by atoms with van der Waals surface area (Å²) in [4.78, 5) is 28.3. The van der Waals surface area contributed by atoms with Gasteiger partial charge in [-0.15, -0.1) is 0 Å². The highest BCUT2D eigenvalue weighted by atomic mass is 35.5. The molecule has 2 aromatic rings. The van der Waals surface area contributed by atoms with Gasteiger partial charge in [-0.25, -0.2) is 9.36 Å². The van der Waals surface area contributed by atoms with Crippen molar-refractivity contribution in [1.29, 1.82) is 0 Å². The van der Waals surface area contributed by atoms with Gasteiger partial charge in [0.2, 0.25) is 0 Å². The van der Waals surface area contributed by atoms with Crippen molar-refractivity contribution in [3.63, 3.8) is 0 Å². The number of hydrogen-bond donors (Lipinski definition) is 4. The number of carbonyl (C=O) groups is 1. The van der Waals surface area contributed by atoms with Gasteiger partial charge in [0.25, 0.3) is 0 Å². The van der Waals surface area contributed by atoms with Crippen LogP contribution in [0, 0.1) is 6.92 Å². The number of carbonyl (C=O) groups excluding carboxylic acids is 1. The number of aromatic nitrogens is 2. The van der Waals surface area contributed by atoms with Crippen LogP contribution in [-0.2, 0) is 23.4 Å². The summed E-state index contributed by atoms with van der Waals surface area (Å²) in [5.41, 5.74) is 4.06. The van der Waals surface area contributed by atoms with Crippen LogP contribution < -0.4 is 21.0 Å². The highest BCUT2D eigenvalue weighted by Crippen LogP contribution is 2.49. The molecular formula is C25H36ClN4O9P. The first-order valence-corrected chi connectivity index (χ1v) is 14.6. The number of aliphatic hydroxyl groups excluding tert-OH is 1. The maximum Gasteiger partial charge on any atom is 0.459 e. The van der Waals surface area contributed by atoms with Gasteiger partial charge in [0.15, 0.2) is 6.23 Å². The van der Waals surface area contributed by atoms with E-state index in [1.807, 2.05) is 13.8 Å². The second kappa shape index (κ2) is 12.6. The first-order chi connectivity index (χ1) is 18.6. The molecule has 0 aliphatic carbocycles. The van der Waals surface area contributed by atoms with Crippen molar-refractivity contribution < 1.29 is 38.1 Å². The molecule has 3 rings (SSSR count). The third-order valence-electron chi connectivity index (χ3n) is 6.39. The van der Waals surface area contributed by atoms with Crippen LogP contribution in [0.5, 0.6) is 5.75 Å². The van der Waals surface area contributed by atoms with Crippen molar-refractivity contribution in [3.8, 4) is 5.75 Å². The van der Waals surface area contributed by atoms with Crippen LogP contribution in [0.25, 0.3) is 0 Å². The summed E-state index contributed by atoms with van der Waals surface area (Å²) in [6, 6.07) is 3.53. The van der Waals surface area contributed by atoms with Gasteiger partial charge in [0, 0.05) is 11.2 Å². The van der Waals surface area contributed by atoms with Gasteiger partial charge >= 0.3 is 19.4 Å². The van der Waals surface area contributed by atoms with E-state index in [4.69, 9.17) is 35.9 Å². The molecule has 1 aromatic carbocycles. The smallest absolute Gasteiger partial charge is 0.459 e. The number of nitrogens with two attached hydrogens (primary N) is 1. The van der Waals surface area contributed by atoms with Crippen LogP contribution >= 0.6 is 19.3 Å². The summed E-state index contributed by atoms with van der Waals surface area (Å²) in [6.45, 7) is 9.41. The number of ether oxygens (including phenoxy) is 2. The van der Waals surface area contributed by atoms with E-state index >= 15 is 0 Å². The molecule has 13 nitrogen and oxygen atoms in total. The molecular weight excluding hydrogens is 567 g/mol. The van der Waals surface area contributed by atoms with Gasteiger partial charge in [-0.05, 0) is 62.9 Å². The van der Waals surface area contributed by atoms with E-state index < -0.39 is 56.1 Å². The Kier molecular flexibility index (Phi) is 10.1. The summed E-state index contributed by atoms with van der Waals surface area (Å²) in [5.74, 6) is -0.591. The van der Waals surface area contributed by atoms with Crippen LogP contribution in [0.15, 0.2) is 29.2 Å². The fraction of sp³-hybridized carbons (Fsp3) is 0.560. The van der Waals surface area contributed by atoms with Crippen LogP contribution in [0.2, 0.25) is 5.02 Å². The zero-order chi connectivity index (χ0) is 30.0. The third kappa shape index (κ3) is 7.03. The van der Waals surface area contributed by atoms with Crippen LogP contribution in [0.1, 0.15) is 57.9 Å². The molecule has 1 unspecified atom stereocenters. The quantitative estimate of drug-likeness (QED) is 0.218. The average molecular weight is 603 g/mol. The minimum atomic E-state index is -4.37. The molecule has 15 heteroatoms. The Labute approximate surface area is 237 Å². The molecule has 1 aliphatic heterocycles. The number of halogens is 1. The van der Waals surface area contributed by atoms with Crippen LogP contribution in [-0.4, -0.2) is 62.8 Å². The predicted octanol–water partition coefficient (Wildman–Crippen LogP) is 2.66. The second-order valence-corrected chi connectivity index (χ2v) is 12.1. The second-order valence-electron chi connectivity index (χ2n) is 10.0. The van der Waals surface area contributed by atoms with Gasteiger partial charge in [0.05, 0.1) is 13.2 Å². The molecule has 6 atom stereocenters. The third-order valence-corrected chi connectivity index (χ3v) is 8.43. The molecule has 1 fully saturated rings. The molecule has 5 N–H and O–H groups in total. The number of aliphatic hydroxyl groups is 2. The van der Waals surface area contributed by atoms with Crippen LogP contribution in [0.4, 0.5) is 5.82 Å². The normalized spacial score (nSPS) is 25.0. The molecule has 1 aliphatic rings.